The fourth-order valence-electron chi connectivity index (χ4n) is 2.59. The molecule has 0 atom stereocenters. The summed E-state index contributed by atoms with van der Waals surface area (Å²) in [5, 5.41) is 2.77. The maximum Gasteiger partial charge on any atom is 0.262 e. The van der Waals surface area contributed by atoms with Gasteiger partial charge < -0.3 is 14.8 Å². The van der Waals surface area contributed by atoms with E-state index in [0.29, 0.717) is 36.0 Å². The van der Waals surface area contributed by atoms with Crippen molar-refractivity contribution < 1.29 is 22.7 Å². The summed E-state index contributed by atoms with van der Waals surface area (Å²) in [4.78, 5) is 12.2. The van der Waals surface area contributed by atoms with Crippen LogP contribution in [-0.2, 0) is 10.0 Å². The van der Waals surface area contributed by atoms with Crippen molar-refractivity contribution in [2.24, 2.45) is 0 Å². The maximum absolute atomic E-state index is 12.7. The number of sulfonamides is 1. The third-order valence-corrected chi connectivity index (χ3v) is 5.20. The number of fused-ring (bicyclic) bond motifs is 1. The van der Waals surface area contributed by atoms with E-state index in [1.54, 1.807) is 24.3 Å². The Morgan fingerprint density at radius 1 is 1.04 bits per heavy atom. The highest BCUT2D eigenvalue weighted by Crippen LogP contribution is 2.32. The largest absolute Gasteiger partial charge is 0.490 e. The Hall–Kier alpha value is -2.74. The number of benzene rings is 2. The van der Waals surface area contributed by atoms with Crippen LogP contribution in [0.15, 0.2) is 47.4 Å². The zero-order valence-electron chi connectivity index (χ0n) is 15.2. The Balaban J connectivity index is 1.83. The lowest BCUT2D eigenvalue weighted by molar-refractivity contribution is 0.0943. The van der Waals surface area contributed by atoms with Crippen LogP contribution in [0, 0.1) is 0 Å². The molecule has 27 heavy (non-hydrogen) atoms. The molecule has 1 amide bonds. The maximum atomic E-state index is 12.7. The van der Waals surface area contributed by atoms with Crippen molar-refractivity contribution in [3.8, 4) is 11.5 Å². The third kappa shape index (κ3) is 4.71. The van der Waals surface area contributed by atoms with Gasteiger partial charge in [-0.25, -0.2) is 8.42 Å². The summed E-state index contributed by atoms with van der Waals surface area (Å²) in [5.74, 6) is 0.667. The van der Waals surface area contributed by atoms with Gasteiger partial charge in [-0.2, -0.15) is 0 Å². The first-order chi connectivity index (χ1) is 12.8. The first-order valence-electron chi connectivity index (χ1n) is 8.68. The van der Waals surface area contributed by atoms with Gasteiger partial charge in [-0.05, 0) is 44.2 Å². The van der Waals surface area contributed by atoms with Gasteiger partial charge in [-0.1, -0.05) is 6.07 Å². The van der Waals surface area contributed by atoms with E-state index in [1.165, 1.54) is 18.2 Å². The Kier molecular flexibility index (Phi) is 5.55. The van der Waals surface area contributed by atoms with Crippen LogP contribution >= 0.6 is 0 Å². The molecule has 0 saturated carbocycles. The number of amides is 1. The molecular weight excluding hydrogens is 368 g/mol. The summed E-state index contributed by atoms with van der Waals surface area (Å²) in [6, 6.07) is 10.8. The summed E-state index contributed by atoms with van der Waals surface area (Å²) < 4.78 is 39.0. The van der Waals surface area contributed by atoms with Crippen molar-refractivity contribution in [3.63, 3.8) is 0 Å². The van der Waals surface area contributed by atoms with Crippen LogP contribution in [0.1, 0.15) is 30.6 Å². The molecule has 2 N–H and O–H groups in total. The highest BCUT2D eigenvalue weighted by atomic mass is 32.2. The molecule has 2 aromatic carbocycles. The highest BCUT2D eigenvalue weighted by Gasteiger charge is 2.19. The monoisotopic (exact) mass is 390 g/mol. The van der Waals surface area contributed by atoms with Gasteiger partial charge in [0.05, 0.1) is 18.1 Å². The van der Waals surface area contributed by atoms with E-state index in [-0.39, 0.29) is 16.8 Å². The first kappa shape index (κ1) is 19.0. The van der Waals surface area contributed by atoms with Gasteiger partial charge in [0.2, 0.25) is 0 Å². The van der Waals surface area contributed by atoms with Crippen molar-refractivity contribution in [2.45, 2.75) is 31.2 Å². The average molecular weight is 390 g/mol. The van der Waals surface area contributed by atoms with Gasteiger partial charge in [0.15, 0.2) is 11.5 Å². The number of ether oxygens (including phenoxy) is 2. The summed E-state index contributed by atoms with van der Waals surface area (Å²) in [7, 11) is -3.84. The standard InChI is InChI=1S/C19H22N2O5S/c1-13(2)20-19(22)14-5-3-6-15(11-14)21-27(23,24)16-7-8-17-18(12-16)26-10-4-9-25-17/h3,5-8,11-13,21H,4,9-10H2,1-2H3,(H,20,22). The smallest absolute Gasteiger partial charge is 0.262 e. The molecule has 0 saturated heterocycles. The molecule has 0 fully saturated rings. The van der Waals surface area contributed by atoms with Crippen LogP contribution < -0.4 is 19.5 Å². The SMILES string of the molecule is CC(C)NC(=O)c1cccc(NS(=O)(=O)c2ccc3c(c2)OCCCO3)c1. The zero-order valence-corrected chi connectivity index (χ0v) is 16.0. The molecule has 7 nitrogen and oxygen atoms in total. The van der Waals surface area contributed by atoms with Gasteiger partial charge in [0.1, 0.15) is 0 Å². The van der Waals surface area contributed by atoms with Gasteiger partial charge in [0.25, 0.3) is 15.9 Å². The summed E-state index contributed by atoms with van der Waals surface area (Å²) >= 11 is 0. The second kappa shape index (κ2) is 7.87. The van der Waals surface area contributed by atoms with E-state index in [9.17, 15) is 13.2 Å². The Bertz CT molecular complexity index is 941. The van der Waals surface area contributed by atoms with Gasteiger partial charge in [0, 0.05) is 29.8 Å². The molecule has 0 bridgehead atoms. The summed E-state index contributed by atoms with van der Waals surface area (Å²) in [6.45, 7) is 4.71. The van der Waals surface area contributed by atoms with Crippen LogP contribution in [0.5, 0.6) is 11.5 Å². The number of rotatable bonds is 5. The molecule has 144 valence electrons. The van der Waals surface area contributed by atoms with Crippen molar-refractivity contribution in [1.82, 2.24) is 5.32 Å². The van der Waals surface area contributed by atoms with E-state index in [0.717, 1.165) is 6.42 Å². The second-order valence-electron chi connectivity index (χ2n) is 6.47. The van der Waals surface area contributed by atoms with E-state index < -0.39 is 10.0 Å². The van der Waals surface area contributed by atoms with Crippen LogP contribution in [0.2, 0.25) is 0 Å². The Labute approximate surface area is 158 Å². The lowest BCUT2D eigenvalue weighted by Crippen LogP contribution is -2.30. The minimum absolute atomic E-state index is 0.0142. The lowest BCUT2D eigenvalue weighted by Gasteiger charge is -2.13. The number of anilines is 1. The summed E-state index contributed by atoms with van der Waals surface area (Å²) in [5.41, 5.74) is 0.682. The average Bonchev–Trinajstić information content (AvgIpc) is 2.85. The third-order valence-electron chi connectivity index (χ3n) is 3.83. The van der Waals surface area contributed by atoms with Gasteiger partial charge >= 0.3 is 0 Å². The molecule has 0 spiro atoms. The molecule has 1 aliphatic heterocycles. The van der Waals surface area contributed by atoms with E-state index >= 15 is 0 Å². The second-order valence-corrected chi connectivity index (χ2v) is 8.16. The predicted octanol–water partition coefficient (Wildman–Crippen LogP) is 2.79. The minimum Gasteiger partial charge on any atom is -0.490 e. The topological polar surface area (TPSA) is 93.7 Å². The van der Waals surface area contributed by atoms with Crippen molar-refractivity contribution >= 4 is 21.6 Å². The molecular formula is C19H22N2O5S. The van der Waals surface area contributed by atoms with Crippen LogP contribution in [-0.4, -0.2) is 33.6 Å². The molecule has 1 aliphatic rings. The van der Waals surface area contributed by atoms with E-state index in [2.05, 4.69) is 10.0 Å². The van der Waals surface area contributed by atoms with Crippen molar-refractivity contribution in [3.05, 3.63) is 48.0 Å². The predicted molar refractivity (Wildman–Crippen MR) is 102 cm³/mol. The van der Waals surface area contributed by atoms with Crippen molar-refractivity contribution in [2.75, 3.05) is 17.9 Å². The lowest BCUT2D eigenvalue weighted by atomic mass is 10.2. The van der Waals surface area contributed by atoms with Crippen molar-refractivity contribution in [1.29, 1.82) is 0 Å². The Morgan fingerprint density at radius 3 is 2.52 bits per heavy atom. The van der Waals surface area contributed by atoms with Gasteiger partial charge in [-0.3, -0.25) is 9.52 Å². The zero-order chi connectivity index (χ0) is 19.4. The number of nitrogens with one attached hydrogen (secondary N) is 2. The number of hydrogen-bond acceptors (Lipinski definition) is 5. The minimum atomic E-state index is -3.84. The van der Waals surface area contributed by atoms with Gasteiger partial charge in [-0.15, -0.1) is 0 Å². The van der Waals surface area contributed by atoms with E-state index in [1.807, 2.05) is 13.8 Å². The molecule has 0 radical (unpaired) electrons. The first-order valence-corrected chi connectivity index (χ1v) is 10.2. The molecule has 2 aromatic rings. The molecule has 0 aliphatic carbocycles. The molecule has 0 unspecified atom stereocenters. The number of carbonyl (C=O) groups is 1. The number of hydrogen-bond donors (Lipinski definition) is 2. The van der Waals surface area contributed by atoms with Crippen LogP contribution in [0.4, 0.5) is 5.69 Å². The number of carbonyl (C=O) groups excluding carboxylic acids is 1. The van der Waals surface area contributed by atoms with Crippen LogP contribution in [0.3, 0.4) is 0 Å². The highest BCUT2D eigenvalue weighted by molar-refractivity contribution is 7.92. The molecule has 1 heterocycles. The molecule has 0 aromatic heterocycles. The fraction of sp³-hybridized carbons (Fsp3) is 0.316. The van der Waals surface area contributed by atoms with Crippen LogP contribution in [0.25, 0.3) is 0 Å². The quantitative estimate of drug-likeness (QED) is 0.819. The molecule has 8 heteroatoms. The summed E-state index contributed by atoms with van der Waals surface area (Å²) in [6.07, 6.45) is 0.736. The normalized spacial score (nSPS) is 13.7. The Morgan fingerprint density at radius 2 is 1.78 bits per heavy atom. The molecule has 3 rings (SSSR count). The fourth-order valence-corrected chi connectivity index (χ4v) is 3.66. The van der Waals surface area contributed by atoms with E-state index in [4.69, 9.17) is 9.47 Å².